The maximum Gasteiger partial charge on any atom is 0.161 e. The number of halogens is 3. The average molecular weight is 366 g/mol. The van der Waals surface area contributed by atoms with Crippen LogP contribution in [-0.2, 0) is 0 Å². The number of nitrogens with one attached hydrogen (secondary N) is 1. The van der Waals surface area contributed by atoms with Crippen molar-refractivity contribution in [3.63, 3.8) is 0 Å². The summed E-state index contributed by atoms with van der Waals surface area (Å²) in [5.74, 6) is 1.19. The molecule has 1 atom stereocenters. The van der Waals surface area contributed by atoms with Gasteiger partial charge in [-0.3, -0.25) is 4.99 Å². The lowest BCUT2D eigenvalue weighted by atomic mass is 10.0. The highest BCUT2D eigenvalue weighted by Crippen LogP contribution is 2.33. The fourth-order valence-electron chi connectivity index (χ4n) is 1.85. The van der Waals surface area contributed by atoms with E-state index in [1.165, 1.54) is 12.1 Å². The van der Waals surface area contributed by atoms with Gasteiger partial charge in [-0.15, -0.1) is 0 Å². The van der Waals surface area contributed by atoms with Crippen molar-refractivity contribution in [1.82, 2.24) is 0 Å². The van der Waals surface area contributed by atoms with Gasteiger partial charge in [0.15, 0.2) is 5.17 Å². The summed E-state index contributed by atoms with van der Waals surface area (Å²) in [5.41, 5.74) is 0.665. The molecule has 19 heavy (non-hydrogen) atoms. The molecular formula is C13H15BrClFN2S. The van der Waals surface area contributed by atoms with Crippen molar-refractivity contribution in [2.75, 3.05) is 11.1 Å². The molecule has 6 heteroatoms. The second-order valence-electron chi connectivity index (χ2n) is 4.75. The van der Waals surface area contributed by atoms with Gasteiger partial charge in [0, 0.05) is 10.2 Å². The second kappa shape index (κ2) is 6.46. The Labute approximate surface area is 130 Å². The molecular weight excluding hydrogens is 351 g/mol. The number of rotatable bonds is 2. The Kier molecular flexibility index (Phi) is 5.15. The quantitative estimate of drug-likeness (QED) is 0.781. The first-order chi connectivity index (χ1) is 8.97. The molecule has 1 unspecified atom stereocenters. The Morgan fingerprint density at radius 2 is 2.26 bits per heavy atom. The molecule has 0 amide bonds. The molecule has 0 aromatic heterocycles. The summed E-state index contributed by atoms with van der Waals surface area (Å²) >= 11 is 11.0. The highest BCUT2D eigenvalue weighted by atomic mass is 79.9. The number of thioether (sulfide) groups is 1. The summed E-state index contributed by atoms with van der Waals surface area (Å²) in [6.45, 7) is 4.34. The predicted octanol–water partition coefficient (Wildman–Crippen LogP) is 5.17. The van der Waals surface area contributed by atoms with E-state index in [1.54, 1.807) is 11.8 Å². The van der Waals surface area contributed by atoms with Gasteiger partial charge in [0.1, 0.15) is 5.82 Å². The van der Waals surface area contributed by atoms with Crippen LogP contribution in [-0.4, -0.2) is 17.0 Å². The molecule has 0 saturated carbocycles. The minimum Gasteiger partial charge on any atom is -0.333 e. The maximum absolute atomic E-state index is 13.2. The van der Waals surface area contributed by atoms with Crippen molar-refractivity contribution in [2.45, 2.75) is 26.3 Å². The van der Waals surface area contributed by atoms with Gasteiger partial charge in [-0.2, -0.15) is 0 Å². The summed E-state index contributed by atoms with van der Waals surface area (Å²) in [4.78, 5) is 4.68. The fraction of sp³-hybridized carbons (Fsp3) is 0.462. The van der Waals surface area contributed by atoms with E-state index in [0.717, 1.165) is 17.3 Å². The SMILES string of the molecule is CC(C)C1CCSC(Nc2c(Cl)cc(F)cc2Br)=N1. The Balaban J connectivity index is 2.22. The molecule has 0 aliphatic carbocycles. The Hall–Kier alpha value is -0.260. The van der Waals surface area contributed by atoms with E-state index in [0.29, 0.717) is 27.1 Å². The fourth-order valence-corrected chi connectivity index (χ4v) is 3.68. The number of aliphatic imine (C=N–C) groups is 1. The van der Waals surface area contributed by atoms with Crippen LogP contribution in [0.2, 0.25) is 5.02 Å². The summed E-state index contributed by atoms with van der Waals surface area (Å²) < 4.78 is 13.8. The summed E-state index contributed by atoms with van der Waals surface area (Å²) in [6, 6.07) is 3.02. The van der Waals surface area contributed by atoms with Crippen LogP contribution in [0.4, 0.5) is 10.1 Å². The molecule has 0 spiro atoms. The molecule has 0 radical (unpaired) electrons. The van der Waals surface area contributed by atoms with Gasteiger partial charge in [0.25, 0.3) is 0 Å². The largest absolute Gasteiger partial charge is 0.333 e. The molecule has 2 rings (SSSR count). The molecule has 1 aromatic carbocycles. The van der Waals surface area contributed by atoms with Crippen molar-refractivity contribution < 1.29 is 4.39 Å². The monoisotopic (exact) mass is 364 g/mol. The Morgan fingerprint density at radius 1 is 1.53 bits per heavy atom. The highest BCUT2D eigenvalue weighted by Gasteiger charge is 2.20. The first-order valence-electron chi connectivity index (χ1n) is 6.09. The molecule has 1 aliphatic rings. The lowest BCUT2D eigenvalue weighted by Gasteiger charge is -2.23. The van der Waals surface area contributed by atoms with Gasteiger partial charge < -0.3 is 5.32 Å². The van der Waals surface area contributed by atoms with Gasteiger partial charge in [0.05, 0.1) is 16.8 Å². The number of hydrogen-bond donors (Lipinski definition) is 1. The lowest BCUT2D eigenvalue weighted by molar-refractivity contribution is 0.485. The van der Waals surface area contributed by atoms with Crippen molar-refractivity contribution >= 4 is 50.1 Å². The third kappa shape index (κ3) is 3.86. The lowest BCUT2D eigenvalue weighted by Crippen LogP contribution is -2.24. The second-order valence-corrected chi connectivity index (χ2v) is 7.10. The van der Waals surface area contributed by atoms with Crippen molar-refractivity contribution in [1.29, 1.82) is 0 Å². The average Bonchev–Trinajstić information content (AvgIpc) is 2.34. The van der Waals surface area contributed by atoms with E-state index in [-0.39, 0.29) is 5.82 Å². The first kappa shape index (κ1) is 15.1. The number of benzene rings is 1. The van der Waals surface area contributed by atoms with Crippen LogP contribution in [0.5, 0.6) is 0 Å². The summed E-state index contributed by atoms with van der Waals surface area (Å²) in [5, 5.41) is 4.39. The van der Waals surface area contributed by atoms with Gasteiger partial charge in [0.2, 0.25) is 0 Å². The van der Waals surface area contributed by atoms with Crippen LogP contribution in [0, 0.1) is 11.7 Å². The molecule has 1 heterocycles. The van der Waals surface area contributed by atoms with Crippen LogP contribution >= 0.6 is 39.3 Å². The van der Waals surface area contributed by atoms with Crippen LogP contribution in [0.3, 0.4) is 0 Å². The third-order valence-corrected chi connectivity index (χ3v) is 4.79. The van der Waals surface area contributed by atoms with Crippen molar-refractivity contribution in [3.8, 4) is 0 Å². The molecule has 1 aromatic rings. The van der Waals surface area contributed by atoms with Crippen molar-refractivity contribution in [3.05, 3.63) is 27.4 Å². The zero-order valence-corrected chi connectivity index (χ0v) is 13.9. The van der Waals surface area contributed by atoms with Crippen molar-refractivity contribution in [2.24, 2.45) is 10.9 Å². The highest BCUT2D eigenvalue weighted by molar-refractivity contribution is 9.10. The minimum absolute atomic E-state index is 0.335. The zero-order valence-electron chi connectivity index (χ0n) is 10.7. The normalized spacial score (nSPS) is 19.5. The molecule has 0 bridgehead atoms. The topological polar surface area (TPSA) is 24.4 Å². The van der Waals surface area contributed by atoms with E-state index >= 15 is 0 Å². The maximum atomic E-state index is 13.2. The van der Waals surface area contributed by atoms with E-state index in [9.17, 15) is 4.39 Å². The molecule has 104 valence electrons. The van der Waals surface area contributed by atoms with Crippen LogP contribution in [0.25, 0.3) is 0 Å². The van der Waals surface area contributed by atoms with Gasteiger partial charge in [-0.25, -0.2) is 4.39 Å². The molecule has 0 fully saturated rings. The molecule has 1 N–H and O–H groups in total. The smallest absolute Gasteiger partial charge is 0.161 e. The van der Waals surface area contributed by atoms with Gasteiger partial charge >= 0.3 is 0 Å². The van der Waals surface area contributed by atoms with Crippen LogP contribution in [0.1, 0.15) is 20.3 Å². The molecule has 1 aliphatic heterocycles. The van der Waals surface area contributed by atoms with E-state index < -0.39 is 0 Å². The van der Waals surface area contributed by atoms with Gasteiger partial charge in [-0.1, -0.05) is 37.2 Å². The summed E-state index contributed by atoms with van der Waals surface area (Å²) in [7, 11) is 0. The van der Waals surface area contributed by atoms with Crippen LogP contribution in [0.15, 0.2) is 21.6 Å². The first-order valence-corrected chi connectivity index (χ1v) is 8.25. The number of anilines is 1. The number of nitrogens with zero attached hydrogens (tertiary/aromatic N) is 1. The third-order valence-electron chi connectivity index (χ3n) is 2.94. The number of hydrogen-bond acceptors (Lipinski definition) is 3. The van der Waals surface area contributed by atoms with E-state index in [2.05, 4.69) is 40.1 Å². The van der Waals surface area contributed by atoms with E-state index in [1.807, 2.05) is 0 Å². The Morgan fingerprint density at radius 3 is 2.89 bits per heavy atom. The van der Waals surface area contributed by atoms with Crippen LogP contribution < -0.4 is 5.32 Å². The molecule has 0 saturated heterocycles. The number of amidine groups is 1. The predicted molar refractivity (Wildman–Crippen MR) is 85.9 cm³/mol. The standard InChI is InChI=1S/C13H15BrClFN2S/c1-7(2)11-3-4-19-13(17-11)18-12-9(14)5-8(16)6-10(12)15/h5-7,11H,3-4H2,1-2H3,(H,17,18). The van der Waals surface area contributed by atoms with Gasteiger partial charge in [-0.05, 0) is 40.4 Å². The molecule has 2 nitrogen and oxygen atoms in total. The van der Waals surface area contributed by atoms with E-state index in [4.69, 9.17) is 11.6 Å². The Bertz CT molecular complexity index is 484. The summed E-state index contributed by atoms with van der Waals surface area (Å²) in [6.07, 6.45) is 1.09. The zero-order chi connectivity index (χ0) is 14.0. The minimum atomic E-state index is -0.360.